The Balaban J connectivity index is 0.00000338. The van der Waals surface area contributed by atoms with Crippen LogP contribution in [0.3, 0.4) is 0 Å². The molecule has 1 aromatic heterocycles. The van der Waals surface area contributed by atoms with Crippen LogP contribution in [0, 0.1) is 0 Å². The lowest BCUT2D eigenvalue weighted by atomic mass is 10.1. The van der Waals surface area contributed by atoms with E-state index >= 15 is 0 Å². The molecule has 0 saturated carbocycles. The molecule has 7 heteroatoms. The van der Waals surface area contributed by atoms with Crippen molar-refractivity contribution in [2.45, 2.75) is 25.1 Å². The van der Waals surface area contributed by atoms with Gasteiger partial charge in [0.05, 0.1) is 5.52 Å². The lowest BCUT2D eigenvalue weighted by molar-refractivity contribution is 0.664. The van der Waals surface area contributed by atoms with E-state index in [-0.39, 0.29) is 28.7 Å². The summed E-state index contributed by atoms with van der Waals surface area (Å²) in [5.41, 5.74) is 2.22. The van der Waals surface area contributed by atoms with E-state index < -0.39 is 0 Å². The zero-order valence-corrected chi connectivity index (χ0v) is 19.6. The maximum Gasteiger partial charge on any atom is 0.191 e. The smallest absolute Gasteiger partial charge is 0.191 e. The molecular formula is C19H30IN5S. The number of halogens is 1. The lowest BCUT2D eigenvalue weighted by Gasteiger charge is -2.24. The number of hydrogen-bond acceptors (Lipinski definition) is 4. The third-order valence-corrected chi connectivity index (χ3v) is 5.40. The number of aliphatic imine (C=N–C) groups is 1. The summed E-state index contributed by atoms with van der Waals surface area (Å²) >= 11 is 1.84. The molecule has 0 aliphatic rings. The molecule has 0 atom stereocenters. The molecule has 2 rings (SSSR count). The fourth-order valence-electron chi connectivity index (χ4n) is 2.38. The molecule has 1 aromatic carbocycles. The molecule has 0 amide bonds. The number of nitrogens with one attached hydrogen (secondary N) is 2. The number of benzene rings is 1. The second-order valence-electron chi connectivity index (χ2n) is 6.79. The quantitative estimate of drug-likeness (QED) is 0.370. The van der Waals surface area contributed by atoms with E-state index in [1.165, 1.54) is 10.9 Å². The van der Waals surface area contributed by atoms with Gasteiger partial charge in [-0.25, -0.2) is 4.98 Å². The third kappa shape index (κ3) is 6.19. The van der Waals surface area contributed by atoms with Gasteiger partial charge in [-0.15, -0.1) is 24.0 Å². The van der Waals surface area contributed by atoms with Crippen molar-refractivity contribution in [3.8, 4) is 0 Å². The van der Waals surface area contributed by atoms with Crippen LogP contribution >= 0.6 is 35.7 Å². The Morgan fingerprint density at radius 1 is 1.23 bits per heavy atom. The van der Waals surface area contributed by atoms with E-state index in [1.54, 1.807) is 7.05 Å². The predicted octanol–water partition coefficient (Wildman–Crippen LogP) is 3.73. The Kier molecular flexibility index (Phi) is 8.95. The second-order valence-corrected chi connectivity index (χ2v) is 8.31. The fourth-order valence-corrected chi connectivity index (χ4v) is 2.59. The van der Waals surface area contributed by atoms with Crippen molar-refractivity contribution in [1.82, 2.24) is 15.6 Å². The number of thioether (sulfide) groups is 1. The third-order valence-electron chi connectivity index (χ3n) is 4.15. The molecule has 144 valence electrons. The zero-order valence-electron chi connectivity index (χ0n) is 16.5. The first-order valence-electron chi connectivity index (χ1n) is 8.42. The molecule has 0 unspecified atom stereocenters. The number of aromatic nitrogens is 1. The van der Waals surface area contributed by atoms with E-state index in [1.807, 2.05) is 36.8 Å². The number of anilines is 1. The normalized spacial score (nSPS) is 11.8. The van der Waals surface area contributed by atoms with Crippen LogP contribution in [0.2, 0.25) is 0 Å². The number of hydrogen-bond donors (Lipinski definition) is 2. The molecule has 5 nitrogen and oxygen atoms in total. The van der Waals surface area contributed by atoms with Gasteiger partial charge in [0.1, 0.15) is 5.82 Å². The maximum absolute atomic E-state index is 4.71. The van der Waals surface area contributed by atoms with Gasteiger partial charge in [0.15, 0.2) is 5.96 Å². The molecule has 0 aliphatic heterocycles. The number of fused-ring (bicyclic) bond motifs is 1. The lowest BCUT2D eigenvalue weighted by Crippen LogP contribution is -2.43. The van der Waals surface area contributed by atoms with Gasteiger partial charge < -0.3 is 15.5 Å². The van der Waals surface area contributed by atoms with Crippen molar-refractivity contribution in [3.05, 3.63) is 35.9 Å². The van der Waals surface area contributed by atoms with E-state index in [4.69, 9.17) is 4.98 Å². The topological polar surface area (TPSA) is 52.6 Å². The van der Waals surface area contributed by atoms with Gasteiger partial charge in [-0.05, 0) is 37.8 Å². The first kappa shape index (κ1) is 22.8. The second kappa shape index (κ2) is 10.2. The molecule has 0 radical (unpaired) electrons. The summed E-state index contributed by atoms with van der Waals surface area (Å²) in [6, 6.07) is 10.4. The summed E-state index contributed by atoms with van der Waals surface area (Å²) in [6.07, 6.45) is 2.13. The summed E-state index contributed by atoms with van der Waals surface area (Å²) in [5.74, 6) is 1.77. The van der Waals surface area contributed by atoms with E-state index in [0.29, 0.717) is 6.54 Å². The summed E-state index contributed by atoms with van der Waals surface area (Å²) < 4.78 is 0.166. The van der Waals surface area contributed by atoms with Crippen LogP contribution in [0.25, 0.3) is 10.9 Å². The summed E-state index contributed by atoms with van der Waals surface area (Å²) in [7, 11) is 5.83. The number of rotatable bonds is 6. The van der Waals surface area contributed by atoms with Crippen LogP contribution in [-0.4, -0.2) is 49.6 Å². The highest BCUT2D eigenvalue weighted by Gasteiger charge is 2.16. The van der Waals surface area contributed by atoms with Gasteiger partial charge in [0, 0.05) is 44.4 Å². The van der Waals surface area contributed by atoms with Gasteiger partial charge >= 0.3 is 0 Å². The van der Waals surface area contributed by atoms with Gasteiger partial charge in [-0.2, -0.15) is 11.8 Å². The highest BCUT2D eigenvalue weighted by atomic mass is 127. The highest BCUT2D eigenvalue weighted by molar-refractivity contribution is 14.0. The average Bonchev–Trinajstić information content (AvgIpc) is 2.61. The molecule has 2 N–H and O–H groups in total. The van der Waals surface area contributed by atoms with E-state index in [2.05, 4.69) is 60.0 Å². The Hall–Kier alpha value is -1.22. The monoisotopic (exact) mass is 487 g/mol. The van der Waals surface area contributed by atoms with Crippen molar-refractivity contribution in [3.63, 3.8) is 0 Å². The van der Waals surface area contributed by atoms with Crippen molar-refractivity contribution in [2.24, 2.45) is 4.99 Å². The molecule has 0 aliphatic carbocycles. The Bertz CT molecular complexity index is 746. The van der Waals surface area contributed by atoms with E-state index in [0.717, 1.165) is 23.8 Å². The van der Waals surface area contributed by atoms with Crippen LogP contribution in [0.1, 0.15) is 19.4 Å². The molecule has 26 heavy (non-hydrogen) atoms. The fraction of sp³-hybridized carbons (Fsp3) is 0.474. The minimum absolute atomic E-state index is 0. The number of pyridine rings is 1. The predicted molar refractivity (Wildman–Crippen MR) is 127 cm³/mol. The Morgan fingerprint density at radius 2 is 1.92 bits per heavy atom. The van der Waals surface area contributed by atoms with Gasteiger partial charge in [-0.1, -0.05) is 18.2 Å². The molecular weight excluding hydrogens is 457 g/mol. The number of nitrogens with zero attached hydrogens (tertiary/aromatic N) is 3. The standard InChI is InChI=1S/C19H29N5S.HI/c1-19(2,25-6)13-22-18(20-3)21-12-14-11-17(24(4)5)23-16-10-8-7-9-15(14)16;/h7-11H,12-13H2,1-6H3,(H2,20,21,22);1H. The van der Waals surface area contributed by atoms with Crippen LogP contribution in [-0.2, 0) is 6.54 Å². The number of para-hydroxylation sites is 1. The SMILES string of the molecule is CN=C(NCc1cc(N(C)C)nc2ccccc12)NCC(C)(C)SC.I. The van der Waals surface area contributed by atoms with Crippen LogP contribution in [0.4, 0.5) is 5.82 Å². The Labute approximate surface area is 178 Å². The minimum atomic E-state index is 0. The molecule has 0 spiro atoms. The maximum atomic E-state index is 4.71. The summed E-state index contributed by atoms with van der Waals surface area (Å²) in [4.78, 5) is 11.1. The Morgan fingerprint density at radius 3 is 2.54 bits per heavy atom. The van der Waals surface area contributed by atoms with Crippen molar-refractivity contribution in [2.75, 3.05) is 38.8 Å². The summed E-state index contributed by atoms with van der Waals surface area (Å²) in [6.45, 7) is 5.99. The van der Waals surface area contributed by atoms with Gasteiger partial charge in [-0.3, -0.25) is 4.99 Å². The average molecular weight is 487 g/mol. The molecule has 1 heterocycles. The van der Waals surface area contributed by atoms with E-state index in [9.17, 15) is 0 Å². The van der Waals surface area contributed by atoms with Gasteiger partial charge in [0.2, 0.25) is 0 Å². The largest absolute Gasteiger partial charge is 0.363 e. The van der Waals surface area contributed by atoms with Crippen LogP contribution in [0.5, 0.6) is 0 Å². The summed E-state index contributed by atoms with van der Waals surface area (Å²) in [5, 5.41) is 8.00. The number of guanidine groups is 1. The highest BCUT2D eigenvalue weighted by Crippen LogP contribution is 2.22. The molecule has 0 bridgehead atoms. The zero-order chi connectivity index (χ0) is 18.4. The van der Waals surface area contributed by atoms with Crippen molar-refractivity contribution < 1.29 is 0 Å². The van der Waals surface area contributed by atoms with Crippen LogP contribution in [0.15, 0.2) is 35.3 Å². The molecule has 0 saturated heterocycles. The van der Waals surface area contributed by atoms with Crippen molar-refractivity contribution >= 4 is 58.4 Å². The minimum Gasteiger partial charge on any atom is -0.363 e. The first-order chi connectivity index (χ1) is 11.9. The van der Waals surface area contributed by atoms with Crippen LogP contribution < -0.4 is 15.5 Å². The molecule has 2 aromatic rings. The molecule has 0 fully saturated rings. The van der Waals surface area contributed by atoms with Crippen molar-refractivity contribution in [1.29, 1.82) is 0 Å². The van der Waals surface area contributed by atoms with Gasteiger partial charge in [0.25, 0.3) is 0 Å². The first-order valence-corrected chi connectivity index (χ1v) is 9.64.